The third-order valence-corrected chi connectivity index (χ3v) is 3.40. The van der Waals surface area contributed by atoms with E-state index in [1.807, 2.05) is 0 Å². The SMILES string of the molecule is Cc1c(Cl)cccc1C(=O)Nc1nc(Cl)ccc1[N+](=O)[O-]. The minimum atomic E-state index is -0.649. The number of carbonyl (C=O) groups excluding carboxylic acids is 1. The van der Waals surface area contributed by atoms with E-state index in [9.17, 15) is 14.9 Å². The molecular weight excluding hydrogens is 317 g/mol. The van der Waals surface area contributed by atoms with E-state index in [2.05, 4.69) is 10.3 Å². The zero-order valence-corrected chi connectivity index (χ0v) is 12.3. The number of carbonyl (C=O) groups is 1. The van der Waals surface area contributed by atoms with E-state index in [1.165, 1.54) is 12.1 Å². The normalized spacial score (nSPS) is 10.2. The second-order valence-electron chi connectivity index (χ2n) is 4.13. The average Bonchev–Trinajstić information content (AvgIpc) is 2.41. The van der Waals surface area contributed by atoms with E-state index in [4.69, 9.17) is 23.2 Å². The van der Waals surface area contributed by atoms with Gasteiger partial charge in [0.25, 0.3) is 5.91 Å². The number of halogens is 2. The zero-order chi connectivity index (χ0) is 15.6. The minimum Gasteiger partial charge on any atom is -0.301 e. The number of rotatable bonds is 3. The third-order valence-electron chi connectivity index (χ3n) is 2.78. The van der Waals surface area contributed by atoms with E-state index >= 15 is 0 Å². The fraction of sp³-hybridized carbons (Fsp3) is 0.0769. The van der Waals surface area contributed by atoms with Crippen LogP contribution in [0.25, 0.3) is 0 Å². The van der Waals surface area contributed by atoms with Crippen LogP contribution in [-0.2, 0) is 0 Å². The molecular formula is C13H9Cl2N3O3. The molecule has 0 unspecified atom stereocenters. The van der Waals surface area contributed by atoms with Gasteiger partial charge in [0.1, 0.15) is 5.15 Å². The first-order valence-electron chi connectivity index (χ1n) is 5.77. The van der Waals surface area contributed by atoms with Gasteiger partial charge in [-0.3, -0.25) is 14.9 Å². The van der Waals surface area contributed by atoms with Gasteiger partial charge in [0.15, 0.2) is 0 Å². The molecule has 0 aliphatic carbocycles. The van der Waals surface area contributed by atoms with Gasteiger partial charge in [-0.15, -0.1) is 0 Å². The van der Waals surface area contributed by atoms with Gasteiger partial charge in [0, 0.05) is 16.7 Å². The van der Waals surface area contributed by atoms with Crippen molar-refractivity contribution in [3.63, 3.8) is 0 Å². The smallest absolute Gasteiger partial charge is 0.301 e. The first-order valence-corrected chi connectivity index (χ1v) is 6.53. The van der Waals surface area contributed by atoms with Gasteiger partial charge in [0.05, 0.1) is 4.92 Å². The van der Waals surface area contributed by atoms with Crippen molar-refractivity contribution in [2.75, 3.05) is 5.32 Å². The number of nitrogens with one attached hydrogen (secondary N) is 1. The Kier molecular flexibility index (Phi) is 4.40. The fourth-order valence-electron chi connectivity index (χ4n) is 1.70. The Hall–Kier alpha value is -2.18. The number of aromatic nitrogens is 1. The Labute approximate surface area is 129 Å². The average molecular weight is 326 g/mol. The molecule has 1 heterocycles. The topological polar surface area (TPSA) is 85.1 Å². The predicted octanol–water partition coefficient (Wildman–Crippen LogP) is 3.86. The maximum atomic E-state index is 12.2. The van der Waals surface area contributed by atoms with Crippen molar-refractivity contribution in [1.29, 1.82) is 0 Å². The summed E-state index contributed by atoms with van der Waals surface area (Å²) in [5, 5.41) is 13.8. The number of hydrogen-bond donors (Lipinski definition) is 1. The summed E-state index contributed by atoms with van der Waals surface area (Å²) in [7, 11) is 0. The molecule has 2 rings (SSSR count). The summed E-state index contributed by atoms with van der Waals surface area (Å²) in [4.78, 5) is 26.2. The summed E-state index contributed by atoms with van der Waals surface area (Å²) in [6, 6.07) is 7.28. The number of anilines is 1. The molecule has 0 bridgehead atoms. The van der Waals surface area contributed by atoms with Crippen molar-refractivity contribution < 1.29 is 9.72 Å². The van der Waals surface area contributed by atoms with Crippen LogP contribution in [0.15, 0.2) is 30.3 Å². The van der Waals surface area contributed by atoms with Crippen LogP contribution in [0.2, 0.25) is 10.2 Å². The Morgan fingerprint density at radius 3 is 2.67 bits per heavy atom. The van der Waals surface area contributed by atoms with Gasteiger partial charge in [-0.25, -0.2) is 4.98 Å². The highest BCUT2D eigenvalue weighted by molar-refractivity contribution is 6.32. The summed E-state index contributed by atoms with van der Waals surface area (Å²) < 4.78 is 0. The molecule has 0 saturated carbocycles. The highest BCUT2D eigenvalue weighted by Crippen LogP contribution is 2.25. The number of hydrogen-bond acceptors (Lipinski definition) is 4. The van der Waals surface area contributed by atoms with Crippen molar-refractivity contribution in [2.24, 2.45) is 0 Å². The second kappa shape index (κ2) is 6.07. The molecule has 8 heteroatoms. The maximum absolute atomic E-state index is 12.2. The van der Waals surface area contributed by atoms with Crippen molar-refractivity contribution in [3.8, 4) is 0 Å². The fourth-order valence-corrected chi connectivity index (χ4v) is 2.02. The molecule has 1 N–H and O–H groups in total. The predicted molar refractivity (Wildman–Crippen MR) is 80.0 cm³/mol. The molecule has 1 aromatic carbocycles. The van der Waals surface area contributed by atoms with Crippen LogP contribution < -0.4 is 5.32 Å². The third kappa shape index (κ3) is 3.29. The van der Waals surface area contributed by atoms with E-state index in [1.54, 1.807) is 25.1 Å². The van der Waals surface area contributed by atoms with Crippen LogP contribution in [0.1, 0.15) is 15.9 Å². The lowest BCUT2D eigenvalue weighted by atomic mass is 10.1. The second-order valence-corrected chi connectivity index (χ2v) is 4.92. The van der Waals surface area contributed by atoms with Crippen LogP contribution in [0, 0.1) is 17.0 Å². The van der Waals surface area contributed by atoms with E-state index in [-0.39, 0.29) is 16.7 Å². The van der Waals surface area contributed by atoms with Gasteiger partial charge < -0.3 is 5.32 Å². The standard InChI is InChI=1S/C13H9Cl2N3O3/c1-7-8(3-2-4-9(7)14)13(19)17-12-10(18(20)21)5-6-11(15)16-12/h2-6H,1H3,(H,16,17,19). The molecule has 0 radical (unpaired) electrons. The number of amides is 1. The Balaban J connectivity index is 2.38. The molecule has 6 nitrogen and oxygen atoms in total. The van der Waals surface area contributed by atoms with E-state index in [0.717, 1.165) is 0 Å². The molecule has 0 aliphatic rings. The van der Waals surface area contributed by atoms with Gasteiger partial charge in [-0.05, 0) is 30.7 Å². The molecule has 0 aliphatic heterocycles. The Morgan fingerprint density at radius 2 is 2.00 bits per heavy atom. The Morgan fingerprint density at radius 1 is 1.29 bits per heavy atom. The number of nitro groups is 1. The summed E-state index contributed by atoms with van der Waals surface area (Å²) >= 11 is 11.6. The van der Waals surface area contributed by atoms with Crippen LogP contribution >= 0.6 is 23.2 Å². The van der Waals surface area contributed by atoms with Gasteiger partial charge >= 0.3 is 5.69 Å². The molecule has 0 saturated heterocycles. The van der Waals surface area contributed by atoms with Gasteiger partial charge in [0.2, 0.25) is 5.82 Å². The highest BCUT2D eigenvalue weighted by Gasteiger charge is 2.20. The van der Waals surface area contributed by atoms with Crippen LogP contribution in [0.5, 0.6) is 0 Å². The largest absolute Gasteiger partial charge is 0.311 e. The van der Waals surface area contributed by atoms with Crippen molar-refractivity contribution in [2.45, 2.75) is 6.92 Å². The van der Waals surface area contributed by atoms with Crippen molar-refractivity contribution in [3.05, 3.63) is 61.7 Å². The van der Waals surface area contributed by atoms with Gasteiger partial charge in [-0.2, -0.15) is 0 Å². The van der Waals surface area contributed by atoms with E-state index in [0.29, 0.717) is 16.1 Å². The summed E-state index contributed by atoms with van der Waals surface area (Å²) in [5.41, 5.74) is 0.535. The quantitative estimate of drug-likeness (QED) is 0.527. The molecule has 1 amide bonds. The number of pyridine rings is 1. The first-order chi connectivity index (χ1) is 9.90. The van der Waals surface area contributed by atoms with Crippen LogP contribution in [0.4, 0.5) is 11.5 Å². The molecule has 0 fully saturated rings. The lowest BCUT2D eigenvalue weighted by Gasteiger charge is -2.08. The number of benzene rings is 1. The molecule has 0 spiro atoms. The van der Waals surface area contributed by atoms with Crippen LogP contribution in [0.3, 0.4) is 0 Å². The van der Waals surface area contributed by atoms with Crippen molar-refractivity contribution in [1.82, 2.24) is 4.98 Å². The summed E-state index contributed by atoms with van der Waals surface area (Å²) in [6.45, 7) is 1.68. The molecule has 1 aromatic heterocycles. The van der Waals surface area contributed by atoms with Crippen molar-refractivity contribution >= 4 is 40.6 Å². The first kappa shape index (κ1) is 15.2. The molecule has 0 atom stereocenters. The van der Waals surface area contributed by atoms with Crippen LogP contribution in [-0.4, -0.2) is 15.8 Å². The minimum absolute atomic E-state index is 0.0405. The lowest BCUT2D eigenvalue weighted by Crippen LogP contribution is -2.15. The lowest BCUT2D eigenvalue weighted by molar-refractivity contribution is -0.384. The zero-order valence-electron chi connectivity index (χ0n) is 10.8. The maximum Gasteiger partial charge on any atom is 0.311 e. The molecule has 108 valence electrons. The molecule has 21 heavy (non-hydrogen) atoms. The highest BCUT2D eigenvalue weighted by atomic mass is 35.5. The summed E-state index contributed by atoms with van der Waals surface area (Å²) in [6.07, 6.45) is 0. The Bertz CT molecular complexity index is 735. The van der Waals surface area contributed by atoms with E-state index < -0.39 is 10.8 Å². The monoisotopic (exact) mass is 325 g/mol. The molecule has 2 aromatic rings. The van der Waals surface area contributed by atoms with Gasteiger partial charge in [-0.1, -0.05) is 29.3 Å². The summed E-state index contributed by atoms with van der Waals surface area (Å²) in [5.74, 6) is -0.759. The number of nitrogens with zero attached hydrogens (tertiary/aromatic N) is 2.